The molecule has 1 aromatic rings. The third-order valence-corrected chi connectivity index (χ3v) is 1.88. The number of nitrogens with zero attached hydrogens (tertiary/aromatic N) is 1. The molecule has 1 aliphatic rings. The van der Waals surface area contributed by atoms with Crippen molar-refractivity contribution in [3.63, 3.8) is 0 Å². The smallest absolute Gasteiger partial charge is 0.0456 e. The molecule has 0 radical (unpaired) electrons. The Balaban J connectivity index is 2.42. The summed E-state index contributed by atoms with van der Waals surface area (Å²) in [7, 11) is 0. The topological polar surface area (TPSA) is 26.9 Å². The van der Waals surface area contributed by atoms with Crippen molar-refractivity contribution in [2.24, 2.45) is 0 Å². The van der Waals surface area contributed by atoms with E-state index in [1.165, 1.54) is 11.9 Å². The van der Waals surface area contributed by atoms with Gasteiger partial charge in [-0.3, -0.25) is 0 Å². The minimum absolute atomic E-state index is 1.02. The Morgan fingerprint density at radius 3 is 2.64 bits per heavy atom. The summed E-state index contributed by atoms with van der Waals surface area (Å²) >= 11 is 0. The molecule has 0 bridgehead atoms. The Bertz CT molecular complexity index is 277. The van der Waals surface area contributed by atoms with Gasteiger partial charge in [0.1, 0.15) is 0 Å². The molecule has 0 aromatic heterocycles. The number of hydrogen-bond donors (Lipinski definition) is 1. The first-order valence-electron chi connectivity index (χ1n) is 3.76. The molecule has 11 heavy (non-hydrogen) atoms. The van der Waals surface area contributed by atoms with E-state index in [2.05, 4.69) is 11.0 Å². The van der Waals surface area contributed by atoms with Crippen LogP contribution in [0.2, 0.25) is 0 Å². The Kier molecular flexibility index (Phi) is 1.39. The molecule has 0 spiro atoms. The molecular formula is C9H10N2. The zero-order valence-corrected chi connectivity index (χ0v) is 6.25. The van der Waals surface area contributed by atoms with Gasteiger partial charge in [0.05, 0.1) is 0 Å². The van der Waals surface area contributed by atoms with Crippen molar-refractivity contribution in [1.29, 1.82) is 5.41 Å². The third-order valence-electron chi connectivity index (χ3n) is 1.88. The van der Waals surface area contributed by atoms with Gasteiger partial charge in [0.2, 0.25) is 0 Å². The summed E-state index contributed by atoms with van der Waals surface area (Å²) < 4.78 is 0. The van der Waals surface area contributed by atoms with Gasteiger partial charge < -0.3 is 10.3 Å². The lowest BCUT2D eigenvalue weighted by Gasteiger charge is -2.04. The van der Waals surface area contributed by atoms with Crippen molar-refractivity contribution in [2.45, 2.75) is 0 Å². The van der Waals surface area contributed by atoms with Gasteiger partial charge in [0.25, 0.3) is 0 Å². The molecule has 2 rings (SSSR count). The second kappa shape index (κ2) is 2.38. The highest BCUT2D eigenvalue weighted by Crippen LogP contribution is 2.23. The first kappa shape index (κ1) is 6.40. The Morgan fingerprint density at radius 1 is 1.27 bits per heavy atom. The maximum absolute atomic E-state index is 7.15. The van der Waals surface area contributed by atoms with Crippen LogP contribution in [0.4, 0.5) is 5.69 Å². The van der Waals surface area contributed by atoms with E-state index in [-0.39, 0.29) is 0 Å². The monoisotopic (exact) mass is 146 g/mol. The van der Waals surface area contributed by atoms with E-state index in [1.54, 1.807) is 0 Å². The first-order chi connectivity index (χ1) is 5.42. The van der Waals surface area contributed by atoms with Crippen molar-refractivity contribution in [3.8, 4) is 0 Å². The van der Waals surface area contributed by atoms with E-state index in [4.69, 9.17) is 5.41 Å². The summed E-state index contributed by atoms with van der Waals surface area (Å²) in [5, 5.41) is 7.15. The summed E-state index contributed by atoms with van der Waals surface area (Å²) in [5.74, 6) is 0. The lowest BCUT2D eigenvalue weighted by Crippen LogP contribution is -1.95. The molecule has 0 aliphatic carbocycles. The molecule has 1 saturated heterocycles. The van der Waals surface area contributed by atoms with Crippen LogP contribution in [0, 0.1) is 5.41 Å². The van der Waals surface area contributed by atoms with Gasteiger partial charge in [-0.05, 0) is 6.07 Å². The minimum atomic E-state index is 1.02. The molecule has 1 aromatic carbocycles. The molecule has 1 aliphatic heterocycles. The second-order valence-corrected chi connectivity index (χ2v) is 2.69. The van der Waals surface area contributed by atoms with Gasteiger partial charge >= 0.3 is 0 Å². The van der Waals surface area contributed by atoms with Crippen LogP contribution in [0.15, 0.2) is 24.3 Å². The van der Waals surface area contributed by atoms with Gasteiger partial charge in [0.15, 0.2) is 0 Å². The first-order valence-corrected chi connectivity index (χ1v) is 3.76. The molecule has 2 heteroatoms. The minimum Gasteiger partial charge on any atom is -0.367 e. The molecule has 0 atom stereocenters. The van der Waals surface area contributed by atoms with Crippen LogP contribution in [0.5, 0.6) is 0 Å². The van der Waals surface area contributed by atoms with E-state index < -0.39 is 0 Å². The average Bonchev–Trinajstić information content (AvgIpc) is 2.87. The van der Waals surface area contributed by atoms with Crippen LogP contribution in [-0.2, 0) is 0 Å². The highest BCUT2D eigenvalue weighted by atomic mass is 15.3. The van der Waals surface area contributed by atoms with Crippen molar-refractivity contribution >= 4 is 11.9 Å². The van der Waals surface area contributed by atoms with E-state index in [9.17, 15) is 0 Å². The summed E-state index contributed by atoms with van der Waals surface area (Å²) in [5.41, 5.74) is 2.22. The van der Waals surface area contributed by atoms with Gasteiger partial charge in [-0.2, -0.15) is 0 Å². The Morgan fingerprint density at radius 2 is 2.00 bits per heavy atom. The third kappa shape index (κ3) is 1.11. The molecule has 0 saturated carbocycles. The predicted molar refractivity (Wildman–Crippen MR) is 46.5 cm³/mol. The lowest BCUT2D eigenvalue weighted by molar-refractivity contribution is 1.38. The second-order valence-electron chi connectivity index (χ2n) is 2.69. The van der Waals surface area contributed by atoms with Crippen molar-refractivity contribution < 1.29 is 0 Å². The molecule has 0 amide bonds. The van der Waals surface area contributed by atoms with Gasteiger partial charge in [-0.15, -0.1) is 0 Å². The Labute approximate surface area is 66.0 Å². The summed E-state index contributed by atoms with van der Waals surface area (Å²) in [6.45, 7) is 2.29. The van der Waals surface area contributed by atoms with Crippen LogP contribution in [-0.4, -0.2) is 19.3 Å². The molecule has 2 nitrogen and oxygen atoms in total. The maximum Gasteiger partial charge on any atom is 0.0456 e. The number of nitrogens with one attached hydrogen (secondary N) is 1. The SMILES string of the molecule is N=Cc1ccccc1N1CC1. The number of hydrogen-bond acceptors (Lipinski definition) is 2. The molecule has 1 fully saturated rings. The number of rotatable bonds is 2. The zero-order chi connectivity index (χ0) is 7.68. The normalized spacial score (nSPS) is 14.7. The molecular weight excluding hydrogens is 136 g/mol. The van der Waals surface area contributed by atoms with E-state index >= 15 is 0 Å². The van der Waals surface area contributed by atoms with Crippen LogP contribution in [0.1, 0.15) is 5.56 Å². The van der Waals surface area contributed by atoms with E-state index in [0.717, 1.165) is 18.7 Å². The molecule has 1 heterocycles. The van der Waals surface area contributed by atoms with Crippen LogP contribution >= 0.6 is 0 Å². The van der Waals surface area contributed by atoms with Gasteiger partial charge in [0, 0.05) is 30.6 Å². The lowest BCUT2D eigenvalue weighted by atomic mass is 10.2. The highest BCUT2D eigenvalue weighted by molar-refractivity contribution is 5.86. The number of anilines is 1. The average molecular weight is 146 g/mol. The van der Waals surface area contributed by atoms with Crippen LogP contribution in [0.3, 0.4) is 0 Å². The number of benzene rings is 1. The largest absolute Gasteiger partial charge is 0.367 e. The Hall–Kier alpha value is -1.31. The van der Waals surface area contributed by atoms with Crippen molar-refractivity contribution in [3.05, 3.63) is 29.8 Å². The summed E-state index contributed by atoms with van der Waals surface area (Å²) in [4.78, 5) is 2.25. The fourth-order valence-electron chi connectivity index (χ4n) is 1.19. The predicted octanol–water partition coefficient (Wildman–Crippen LogP) is 1.50. The van der Waals surface area contributed by atoms with Crippen LogP contribution < -0.4 is 4.90 Å². The standard InChI is InChI=1S/C9H10N2/c10-7-8-3-1-2-4-9(8)11-5-6-11/h1-4,7,10H,5-6H2. The van der Waals surface area contributed by atoms with Gasteiger partial charge in [-0.25, -0.2) is 0 Å². The van der Waals surface area contributed by atoms with E-state index in [1.807, 2.05) is 18.2 Å². The molecule has 56 valence electrons. The molecule has 1 N–H and O–H groups in total. The highest BCUT2D eigenvalue weighted by Gasteiger charge is 2.19. The fourth-order valence-corrected chi connectivity index (χ4v) is 1.19. The summed E-state index contributed by atoms with van der Waals surface area (Å²) in [6, 6.07) is 8.02. The van der Waals surface area contributed by atoms with Crippen molar-refractivity contribution in [1.82, 2.24) is 0 Å². The van der Waals surface area contributed by atoms with Crippen LogP contribution in [0.25, 0.3) is 0 Å². The summed E-state index contributed by atoms with van der Waals surface area (Å²) in [6.07, 6.45) is 1.41. The maximum atomic E-state index is 7.15. The van der Waals surface area contributed by atoms with E-state index in [0.29, 0.717) is 0 Å². The zero-order valence-electron chi connectivity index (χ0n) is 6.25. The fraction of sp³-hybridized carbons (Fsp3) is 0.222. The van der Waals surface area contributed by atoms with Gasteiger partial charge in [-0.1, -0.05) is 18.2 Å². The molecule has 0 unspecified atom stereocenters. The van der Waals surface area contributed by atoms with Crippen molar-refractivity contribution in [2.75, 3.05) is 18.0 Å². The number of para-hydroxylation sites is 1. The quantitative estimate of drug-likeness (QED) is 0.497.